The molecule has 2 amide bonds. The van der Waals surface area contributed by atoms with Crippen LogP contribution >= 0.6 is 23.5 Å². The largest absolute Gasteiger partial charge is 0.382 e. The molecular weight excluding hydrogens is 418 g/mol. The van der Waals surface area contributed by atoms with Crippen LogP contribution in [0.1, 0.15) is 62.7 Å². The average molecular weight is 454 g/mol. The number of rotatable bonds is 10. The Morgan fingerprint density at radius 2 is 1.80 bits per heavy atom. The van der Waals surface area contributed by atoms with Gasteiger partial charge in [0.2, 0.25) is 0 Å². The summed E-state index contributed by atoms with van der Waals surface area (Å²) in [6, 6.07) is 6.68. The van der Waals surface area contributed by atoms with Gasteiger partial charge in [-0.2, -0.15) is 11.8 Å². The second kappa shape index (κ2) is 13.2. The minimum Gasteiger partial charge on any atom is -0.382 e. The smallest absolute Gasteiger partial charge is 0.269 e. The van der Waals surface area contributed by atoms with Crippen LogP contribution in [0.25, 0.3) is 0 Å². The number of aliphatic hydroxyl groups excluding tert-OH is 1. The molecule has 30 heavy (non-hydrogen) atoms. The Kier molecular flexibility index (Phi) is 11.1. The number of carbonyl (C=O) groups excluding carboxylic acids is 2. The molecule has 1 aromatic rings. The molecule has 8 heteroatoms. The van der Waals surface area contributed by atoms with Crippen molar-refractivity contribution in [2.45, 2.75) is 74.7 Å². The Hall–Kier alpha value is -1.22. The van der Waals surface area contributed by atoms with E-state index >= 15 is 0 Å². The Labute approximate surface area is 188 Å². The molecule has 0 radical (unpaired) electrons. The van der Waals surface area contributed by atoms with E-state index in [2.05, 4.69) is 24.7 Å². The van der Waals surface area contributed by atoms with Gasteiger partial charge < -0.3 is 10.8 Å². The minimum atomic E-state index is -1.36. The highest BCUT2D eigenvalue weighted by molar-refractivity contribution is 7.99. The van der Waals surface area contributed by atoms with Crippen LogP contribution in [0.2, 0.25) is 0 Å². The van der Waals surface area contributed by atoms with Crippen molar-refractivity contribution in [1.82, 2.24) is 10.9 Å². The normalized spacial score (nSPS) is 16.8. The fourth-order valence-electron chi connectivity index (χ4n) is 3.33. The predicted molar refractivity (Wildman–Crippen MR) is 126 cm³/mol. The molecule has 1 aliphatic rings. The maximum atomic E-state index is 12.3. The zero-order valence-electron chi connectivity index (χ0n) is 17.9. The Morgan fingerprint density at radius 1 is 1.13 bits per heavy atom. The second-order valence-electron chi connectivity index (χ2n) is 8.10. The van der Waals surface area contributed by atoms with E-state index in [1.165, 1.54) is 32.1 Å². The van der Waals surface area contributed by atoms with Crippen LogP contribution in [0.3, 0.4) is 0 Å². The van der Waals surface area contributed by atoms with E-state index in [1.54, 1.807) is 23.9 Å². The van der Waals surface area contributed by atoms with Gasteiger partial charge in [-0.1, -0.05) is 33.1 Å². The maximum Gasteiger partial charge on any atom is 0.269 e. The second-order valence-corrected chi connectivity index (χ2v) is 10.9. The molecule has 0 saturated heterocycles. The Bertz CT molecular complexity index is 664. The first-order valence-corrected chi connectivity index (χ1v) is 12.8. The van der Waals surface area contributed by atoms with Crippen LogP contribution in [0, 0.1) is 5.92 Å². The Balaban J connectivity index is 1.72. The fraction of sp³-hybridized carbons (Fsp3) is 0.636. The maximum absolute atomic E-state index is 12.3. The van der Waals surface area contributed by atoms with Crippen molar-refractivity contribution in [2.24, 2.45) is 11.7 Å². The molecule has 0 bridgehead atoms. The summed E-state index contributed by atoms with van der Waals surface area (Å²) in [5.41, 5.74) is 10.9. The van der Waals surface area contributed by atoms with Gasteiger partial charge in [0, 0.05) is 22.3 Å². The number of carbonyl (C=O) groups is 2. The zero-order chi connectivity index (χ0) is 21.9. The number of nitrogens with two attached hydrogens (primary N) is 1. The number of hydrazine groups is 1. The van der Waals surface area contributed by atoms with Crippen molar-refractivity contribution in [3.8, 4) is 0 Å². The third-order valence-electron chi connectivity index (χ3n) is 5.20. The number of hydrogen-bond acceptors (Lipinski definition) is 6. The highest BCUT2D eigenvalue weighted by Gasteiger charge is 2.23. The van der Waals surface area contributed by atoms with Gasteiger partial charge >= 0.3 is 0 Å². The van der Waals surface area contributed by atoms with Gasteiger partial charge in [-0.15, -0.1) is 11.8 Å². The quantitative estimate of drug-likeness (QED) is 0.320. The molecule has 0 aliphatic heterocycles. The summed E-state index contributed by atoms with van der Waals surface area (Å²) in [6.07, 6.45) is 5.83. The number of nitrogens with one attached hydrogen (secondary N) is 2. The highest BCUT2D eigenvalue weighted by atomic mass is 32.2. The van der Waals surface area contributed by atoms with E-state index in [0.29, 0.717) is 17.2 Å². The summed E-state index contributed by atoms with van der Waals surface area (Å²) in [7, 11) is 0. The molecule has 2 rings (SSSR count). The predicted octanol–water partition coefficient (Wildman–Crippen LogP) is 3.34. The molecule has 1 aromatic carbocycles. The topological polar surface area (TPSA) is 104 Å². The molecule has 2 atom stereocenters. The van der Waals surface area contributed by atoms with Gasteiger partial charge in [-0.3, -0.25) is 20.4 Å². The SMILES string of the molecule is CC(C)SCC[C@@H](N)C(O)C(=O)NNC(=O)c1ccc(SCC2CCCCC2)cc1. The first kappa shape index (κ1) is 25.0. The van der Waals surface area contributed by atoms with E-state index in [1.807, 2.05) is 23.9 Å². The van der Waals surface area contributed by atoms with E-state index < -0.39 is 24.0 Å². The molecule has 0 spiro atoms. The van der Waals surface area contributed by atoms with E-state index in [9.17, 15) is 14.7 Å². The lowest BCUT2D eigenvalue weighted by molar-refractivity contribution is -0.131. The van der Waals surface area contributed by atoms with Gasteiger partial charge in [0.25, 0.3) is 11.8 Å². The molecule has 1 saturated carbocycles. The van der Waals surface area contributed by atoms with Crippen LogP contribution in [0.15, 0.2) is 29.2 Å². The summed E-state index contributed by atoms with van der Waals surface area (Å²) in [6.45, 7) is 4.16. The van der Waals surface area contributed by atoms with Crippen LogP contribution in [-0.4, -0.2) is 45.8 Å². The third-order valence-corrected chi connectivity index (χ3v) is 7.58. The van der Waals surface area contributed by atoms with Crippen LogP contribution in [-0.2, 0) is 4.79 Å². The summed E-state index contributed by atoms with van der Waals surface area (Å²) in [4.78, 5) is 25.4. The van der Waals surface area contributed by atoms with Gasteiger partial charge in [-0.05, 0) is 60.4 Å². The molecule has 1 unspecified atom stereocenters. The lowest BCUT2D eigenvalue weighted by Crippen LogP contribution is -2.52. The van der Waals surface area contributed by atoms with Crippen molar-refractivity contribution in [3.05, 3.63) is 29.8 Å². The molecule has 1 aliphatic carbocycles. The highest BCUT2D eigenvalue weighted by Crippen LogP contribution is 2.30. The van der Waals surface area contributed by atoms with Gasteiger partial charge in [0.05, 0.1) is 0 Å². The van der Waals surface area contributed by atoms with Crippen LogP contribution < -0.4 is 16.6 Å². The number of aliphatic hydroxyl groups is 1. The summed E-state index contributed by atoms with van der Waals surface area (Å²) in [5.74, 6) is 1.55. The molecule has 6 nitrogen and oxygen atoms in total. The minimum absolute atomic E-state index is 0.427. The number of thioether (sulfide) groups is 2. The standard InChI is InChI=1S/C22H35N3O3S2/c1-15(2)29-13-12-19(23)20(26)22(28)25-24-21(27)17-8-10-18(11-9-17)30-14-16-6-4-3-5-7-16/h8-11,15-16,19-20,26H,3-7,12-14,23H2,1-2H3,(H,24,27)(H,25,28)/t19-,20?/m1/s1. The molecule has 0 aromatic heterocycles. The number of amides is 2. The van der Waals surface area contributed by atoms with Gasteiger partial charge in [0.15, 0.2) is 0 Å². The lowest BCUT2D eigenvalue weighted by Gasteiger charge is -2.20. The third kappa shape index (κ3) is 8.88. The van der Waals surface area contributed by atoms with E-state index in [0.717, 1.165) is 22.3 Å². The van der Waals surface area contributed by atoms with Gasteiger partial charge in [0.1, 0.15) is 6.10 Å². The molecule has 168 valence electrons. The number of hydrogen-bond donors (Lipinski definition) is 4. The van der Waals surface area contributed by atoms with Crippen molar-refractivity contribution in [3.63, 3.8) is 0 Å². The van der Waals surface area contributed by atoms with Crippen molar-refractivity contribution in [1.29, 1.82) is 0 Å². The summed E-state index contributed by atoms with van der Waals surface area (Å²) >= 11 is 3.55. The van der Waals surface area contributed by atoms with Gasteiger partial charge in [-0.25, -0.2) is 0 Å². The van der Waals surface area contributed by atoms with Crippen molar-refractivity contribution < 1.29 is 14.7 Å². The lowest BCUT2D eigenvalue weighted by atomic mass is 9.91. The van der Waals surface area contributed by atoms with Crippen molar-refractivity contribution in [2.75, 3.05) is 11.5 Å². The van der Waals surface area contributed by atoms with Crippen LogP contribution in [0.5, 0.6) is 0 Å². The molecule has 1 fully saturated rings. The molecule has 5 N–H and O–H groups in total. The Morgan fingerprint density at radius 3 is 2.43 bits per heavy atom. The first-order valence-electron chi connectivity index (χ1n) is 10.7. The average Bonchev–Trinajstić information content (AvgIpc) is 2.76. The van der Waals surface area contributed by atoms with Crippen molar-refractivity contribution >= 4 is 35.3 Å². The number of benzene rings is 1. The molecular formula is C22H35N3O3S2. The monoisotopic (exact) mass is 453 g/mol. The molecule has 0 heterocycles. The summed E-state index contributed by atoms with van der Waals surface area (Å²) in [5, 5.41) is 10.5. The van der Waals surface area contributed by atoms with E-state index in [4.69, 9.17) is 5.73 Å². The zero-order valence-corrected chi connectivity index (χ0v) is 19.6. The first-order chi connectivity index (χ1) is 14.4. The summed E-state index contributed by atoms with van der Waals surface area (Å²) < 4.78 is 0. The van der Waals surface area contributed by atoms with Crippen LogP contribution in [0.4, 0.5) is 0 Å². The van der Waals surface area contributed by atoms with E-state index in [-0.39, 0.29) is 0 Å². The fourth-order valence-corrected chi connectivity index (χ4v) is 5.30.